The van der Waals surface area contributed by atoms with Gasteiger partial charge < -0.3 is 10.2 Å². The Balaban J connectivity index is 2.02. The zero-order chi connectivity index (χ0) is 9.97. The van der Waals surface area contributed by atoms with Crippen molar-refractivity contribution >= 4 is 11.7 Å². The predicted molar refractivity (Wildman–Crippen MR) is 51.7 cm³/mol. The number of carbonyl (C=O) groups is 1. The Morgan fingerprint density at radius 3 is 2.50 bits per heavy atom. The lowest BCUT2D eigenvalue weighted by Gasteiger charge is -2.04. The van der Waals surface area contributed by atoms with Gasteiger partial charge in [-0.25, -0.2) is 4.79 Å². The van der Waals surface area contributed by atoms with Gasteiger partial charge in [-0.15, -0.1) is 0 Å². The number of hydrogen-bond acceptors (Lipinski definition) is 2. The van der Waals surface area contributed by atoms with Crippen molar-refractivity contribution in [1.82, 2.24) is 4.90 Å². The third kappa shape index (κ3) is 1.83. The molecule has 4 nitrogen and oxygen atoms in total. The third-order valence-corrected chi connectivity index (χ3v) is 2.00. The van der Waals surface area contributed by atoms with Gasteiger partial charge in [-0.05, 0) is 24.3 Å². The molecular formula is C10H9N3O. The summed E-state index contributed by atoms with van der Waals surface area (Å²) in [5, 5.41) is 11.3. The number of carbonyl (C=O) groups excluding carboxylic acids is 1. The molecule has 2 amide bonds. The highest BCUT2D eigenvalue weighted by molar-refractivity contribution is 5.90. The van der Waals surface area contributed by atoms with Crippen LogP contribution in [0.1, 0.15) is 5.56 Å². The fourth-order valence-electron chi connectivity index (χ4n) is 1.08. The minimum absolute atomic E-state index is 0.0743. The number of urea groups is 1. The predicted octanol–water partition coefficient (Wildman–Crippen LogP) is 1.41. The Morgan fingerprint density at radius 1 is 1.36 bits per heavy atom. The fraction of sp³-hybridized carbons (Fsp3) is 0.200. The molecule has 0 spiro atoms. The van der Waals surface area contributed by atoms with E-state index in [9.17, 15) is 4.79 Å². The summed E-state index contributed by atoms with van der Waals surface area (Å²) in [6.45, 7) is 1.67. The molecule has 1 aliphatic heterocycles. The molecule has 1 fully saturated rings. The van der Waals surface area contributed by atoms with E-state index in [0.717, 1.165) is 18.8 Å². The maximum atomic E-state index is 11.3. The van der Waals surface area contributed by atoms with E-state index in [-0.39, 0.29) is 6.03 Å². The number of nitriles is 1. The van der Waals surface area contributed by atoms with Gasteiger partial charge in [-0.1, -0.05) is 0 Å². The van der Waals surface area contributed by atoms with Crippen molar-refractivity contribution < 1.29 is 4.79 Å². The topological polar surface area (TPSA) is 55.9 Å². The van der Waals surface area contributed by atoms with Crippen molar-refractivity contribution in [2.24, 2.45) is 0 Å². The van der Waals surface area contributed by atoms with Crippen molar-refractivity contribution in [2.45, 2.75) is 0 Å². The van der Waals surface area contributed by atoms with E-state index in [2.05, 4.69) is 5.32 Å². The molecule has 70 valence electrons. The second-order valence-corrected chi connectivity index (χ2v) is 3.11. The van der Waals surface area contributed by atoms with Crippen molar-refractivity contribution in [2.75, 3.05) is 18.4 Å². The van der Waals surface area contributed by atoms with E-state index >= 15 is 0 Å². The van der Waals surface area contributed by atoms with Crippen LogP contribution in [0.5, 0.6) is 0 Å². The fourth-order valence-corrected chi connectivity index (χ4v) is 1.08. The molecule has 1 heterocycles. The third-order valence-electron chi connectivity index (χ3n) is 2.00. The highest BCUT2D eigenvalue weighted by Crippen LogP contribution is 2.12. The Labute approximate surface area is 81.7 Å². The lowest BCUT2D eigenvalue weighted by Crippen LogP contribution is -2.18. The number of nitrogens with one attached hydrogen (secondary N) is 1. The summed E-state index contributed by atoms with van der Waals surface area (Å²) < 4.78 is 0. The van der Waals surface area contributed by atoms with Gasteiger partial charge in [0.2, 0.25) is 0 Å². The van der Waals surface area contributed by atoms with Gasteiger partial charge >= 0.3 is 6.03 Å². The van der Waals surface area contributed by atoms with E-state index < -0.39 is 0 Å². The van der Waals surface area contributed by atoms with E-state index in [4.69, 9.17) is 5.26 Å². The van der Waals surface area contributed by atoms with Crippen LogP contribution in [0.4, 0.5) is 10.5 Å². The van der Waals surface area contributed by atoms with Crippen LogP contribution in [0.15, 0.2) is 24.3 Å². The second kappa shape index (κ2) is 3.38. The number of anilines is 1. The average Bonchev–Trinajstić information content (AvgIpc) is 3.02. The Morgan fingerprint density at radius 2 is 2.00 bits per heavy atom. The van der Waals surface area contributed by atoms with Crippen LogP contribution >= 0.6 is 0 Å². The first-order chi connectivity index (χ1) is 6.79. The monoisotopic (exact) mass is 187 g/mol. The molecule has 1 saturated heterocycles. The summed E-state index contributed by atoms with van der Waals surface area (Å²) in [5.74, 6) is 0. The number of hydrogen-bond donors (Lipinski definition) is 1. The largest absolute Gasteiger partial charge is 0.321 e. The standard InChI is InChI=1S/C10H9N3O/c11-7-8-1-3-9(4-2-8)12-10(14)13-5-6-13/h1-4H,5-6H2,(H,12,14). The lowest BCUT2D eigenvalue weighted by atomic mass is 10.2. The number of nitrogens with zero attached hydrogens (tertiary/aromatic N) is 2. The molecule has 14 heavy (non-hydrogen) atoms. The van der Waals surface area contributed by atoms with Gasteiger partial charge in [0.05, 0.1) is 11.6 Å². The molecule has 0 radical (unpaired) electrons. The van der Waals surface area contributed by atoms with Crippen molar-refractivity contribution in [3.8, 4) is 6.07 Å². The minimum Gasteiger partial charge on any atom is -0.321 e. The summed E-state index contributed by atoms with van der Waals surface area (Å²) >= 11 is 0. The minimum atomic E-state index is -0.0743. The normalized spacial score (nSPS) is 13.2. The summed E-state index contributed by atoms with van der Waals surface area (Å²) in [7, 11) is 0. The van der Waals surface area contributed by atoms with E-state index in [1.165, 1.54) is 0 Å². The highest BCUT2D eigenvalue weighted by atomic mass is 16.2. The number of benzene rings is 1. The lowest BCUT2D eigenvalue weighted by molar-refractivity contribution is 0.242. The van der Waals surface area contributed by atoms with E-state index in [1.807, 2.05) is 6.07 Å². The highest BCUT2D eigenvalue weighted by Gasteiger charge is 2.23. The summed E-state index contributed by atoms with van der Waals surface area (Å²) in [4.78, 5) is 13.0. The van der Waals surface area contributed by atoms with Gasteiger partial charge in [-0.3, -0.25) is 0 Å². The van der Waals surface area contributed by atoms with Gasteiger partial charge in [0.25, 0.3) is 0 Å². The van der Waals surface area contributed by atoms with Crippen LogP contribution in [0.25, 0.3) is 0 Å². The van der Waals surface area contributed by atoms with Crippen LogP contribution in [-0.4, -0.2) is 24.0 Å². The molecule has 0 aliphatic carbocycles. The van der Waals surface area contributed by atoms with Crippen molar-refractivity contribution in [1.29, 1.82) is 5.26 Å². The average molecular weight is 187 g/mol. The molecule has 1 aromatic rings. The molecule has 2 rings (SSSR count). The molecule has 0 atom stereocenters. The van der Waals surface area contributed by atoms with Crippen LogP contribution in [-0.2, 0) is 0 Å². The van der Waals surface area contributed by atoms with Gasteiger partial charge in [0, 0.05) is 18.8 Å². The smallest absolute Gasteiger partial charge is 0.321 e. The number of amides is 2. The summed E-state index contributed by atoms with van der Waals surface area (Å²) in [6, 6.07) is 8.75. The van der Waals surface area contributed by atoms with Gasteiger partial charge in [0.15, 0.2) is 0 Å². The quantitative estimate of drug-likeness (QED) is 0.676. The van der Waals surface area contributed by atoms with Crippen molar-refractivity contribution in [3.63, 3.8) is 0 Å². The Hall–Kier alpha value is -2.02. The summed E-state index contributed by atoms with van der Waals surface area (Å²) in [5.41, 5.74) is 1.32. The number of rotatable bonds is 1. The maximum absolute atomic E-state index is 11.3. The van der Waals surface area contributed by atoms with E-state index in [1.54, 1.807) is 29.2 Å². The molecule has 1 aliphatic rings. The first-order valence-electron chi connectivity index (χ1n) is 4.36. The molecule has 1 aromatic carbocycles. The molecule has 1 N–H and O–H groups in total. The van der Waals surface area contributed by atoms with Crippen LogP contribution in [0, 0.1) is 11.3 Å². The molecule has 0 unspecified atom stereocenters. The molecule has 0 aromatic heterocycles. The molecular weight excluding hydrogens is 178 g/mol. The van der Waals surface area contributed by atoms with E-state index in [0.29, 0.717) is 5.56 Å². The Kier molecular flexibility index (Phi) is 2.07. The first-order valence-corrected chi connectivity index (χ1v) is 4.36. The first kappa shape index (κ1) is 8.57. The van der Waals surface area contributed by atoms with Crippen LogP contribution in [0.2, 0.25) is 0 Å². The maximum Gasteiger partial charge on any atom is 0.321 e. The van der Waals surface area contributed by atoms with Gasteiger partial charge in [-0.2, -0.15) is 5.26 Å². The summed E-state index contributed by atoms with van der Waals surface area (Å²) in [6.07, 6.45) is 0. The van der Waals surface area contributed by atoms with Crippen molar-refractivity contribution in [3.05, 3.63) is 29.8 Å². The molecule has 4 heteroatoms. The SMILES string of the molecule is N#Cc1ccc(NC(=O)N2CC2)cc1. The zero-order valence-electron chi connectivity index (χ0n) is 7.53. The Bertz CT molecular complexity index is 387. The van der Waals surface area contributed by atoms with Crippen LogP contribution < -0.4 is 5.32 Å². The van der Waals surface area contributed by atoms with Gasteiger partial charge in [0.1, 0.15) is 0 Å². The van der Waals surface area contributed by atoms with Crippen LogP contribution in [0.3, 0.4) is 0 Å². The molecule has 0 saturated carbocycles. The molecule has 0 bridgehead atoms. The second-order valence-electron chi connectivity index (χ2n) is 3.11. The zero-order valence-corrected chi connectivity index (χ0v) is 7.53.